The van der Waals surface area contributed by atoms with Gasteiger partial charge >= 0.3 is 0 Å². The number of anilines is 1. The van der Waals surface area contributed by atoms with Gasteiger partial charge in [-0.1, -0.05) is 13.8 Å². The molecule has 27 heavy (non-hydrogen) atoms. The molecule has 2 saturated heterocycles. The average molecular weight is 374 g/mol. The summed E-state index contributed by atoms with van der Waals surface area (Å²) in [7, 11) is 1.63. The highest BCUT2D eigenvalue weighted by Gasteiger charge is 2.60. The molecule has 7 heteroatoms. The number of aromatic nitrogens is 2. The van der Waals surface area contributed by atoms with Gasteiger partial charge in [-0.25, -0.2) is 4.98 Å². The number of ether oxygens (including phenoxy) is 2. The maximum atomic E-state index is 12.8. The molecule has 7 nitrogen and oxygen atoms in total. The van der Waals surface area contributed by atoms with Crippen LogP contribution in [0.3, 0.4) is 0 Å². The van der Waals surface area contributed by atoms with E-state index in [1.54, 1.807) is 19.4 Å². The van der Waals surface area contributed by atoms with Crippen molar-refractivity contribution in [3.63, 3.8) is 0 Å². The summed E-state index contributed by atoms with van der Waals surface area (Å²) in [5, 5.41) is 3.38. The van der Waals surface area contributed by atoms with Crippen molar-refractivity contribution < 1.29 is 14.3 Å². The van der Waals surface area contributed by atoms with Gasteiger partial charge in [0.15, 0.2) is 0 Å². The van der Waals surface area contributed by atoms with Gasteiger partial charge < -0.3 is 19.7 Å². The number of amides is 1. The highest BCUT2D eigenvalue weighted by Crippen LogP contribution is 2.53. The summed E-state index contributed by atoms with van der Waals surface area (Å²) >= 11 is 0. The molecule has 3 aliphatic rings. The molecular weight excluding hydrogens is 344 g/mol. The van der Waals surface area contributed by atoms with E-state index in [0.29, 0.717) is 31.1 Å². The van der Waals surface area contributed by atoms with Crippen LogP contribution in [0.15, 0.2) is 12.3 Å². The van der Waals surface area contributed by atoms with Crippen LogP contribution in [-0.4, -0.2) is 54.8 Å². The van der Waals surface area contributed by atoms with Crippen LogP contribution in [0.1, 0.15) is 39.5 Å². The van der Waals surface area contributed by atoms with Crippen LogP contribution in [0.4, 0.5) is 5.95 Å². The van der Waals surface area contributed by atoms with E-state index in [2.05, 4.69) is 34.0 Å². The first-order valence-corrected chi connectivity index (χ1v) is 10.0. The van der Waals surface area contributed by atoms with Crippen LogP contribution in [0.25, 0.3) is 0 Å². The second-order valence-electron chi connectivity index (χ2n) is 8.54. The van der Waals surface area contributed by atoms with Crippen molar-refractivity contribution in [2.24, 2.45) is 17.3 Å². The molecule has 3 fully saturated rings. The third-order valence-electron chi connectivity index (χ3n) is 6.64. The molecule has 0 aromatic carbocycles. The Morgan fingerprint density at radius 2 is 2.11 bits per heavy atom. The van der Waals surface area contributed by atoms with Gasteiger partial charge in [-0.3, -0.25) is 4.79 Å². The second kappa shape index (κ2) is 7.26. The largest absolute Gasteiger partial charge is 0.481 e. The molecule has 3 atom stereocenters. The zero-order valence-corrected chi connectivity index (χ0v) is 16.5. The molecule has 1 saturated carbocycles. The van der Waals surface area contributed by atoms with E-state index in [1.165, 1.54) is 0 Å². The van der Waals surface area contributed by atoms with Crippen LogP contribution < -0.4 is 15.0 Å². The lowest BCUT2D eigenvalue weighted by atomic mass is 9.52. The molecule has 148 valence electrons. The van der Waals surface area contributed by atoms with Gasteiger partial charge in [-0.05, 0) is 25.7 Å². The smallest absolute Gasteiger partial charge is 0.228 e. The van der Waals surface area contributed by atoms with Gasteiger partial charge in [0.05, 0.1) is 7.11 Å². The Morgan fingerprint density at radius 3 is 2.85 bits per heavy atom. The number of hydrogen-bond donors (Lipinski definition) is 1. The standard InChI is InChI=1S/C20H30N4O3/c1-20(2)16(23-18(25)13-7-11-27-12-8-13)14-5-4-10-24(17(14)20)19-21-9-6-15(22-19)26-3/h6,9,13-14,16-17H,4-5,7-8,10-12H2,1-3H3,(H,23,25). The Kier molecular flexibility index (Phi) is 4.97. The molecule has 1 aliphatic carbocycles. The normalized spacial score (nSPS) is 30.2. The highest BCUT2D eigenvalue weighted by molar-refractivity contribution is 5.79. The predicted molar refractivity (Wildman–Crippen MR) is 102 cm³/mol. The fraction of sp³-hybridized carbons (Fsp3) is 0.750. The average Bonchev–Trinajstić information content (AvgIpc) is 2.72. The van der Waals surface area contributed by atoms with Crippen LogP contribution >= 0.6 is 0 Å². The minimum Gasteiger partial charge on any atom is -0.481 e. The number of fused-ring (bicyclic) bond motifs is 1. The molecule has 3 unspecified atom stereocenters. The Morgan fingerprint density at radius 1 is 1.33 bits per heavy atom. The Balaban J connectivity index is 1.49. The van der Waals surface area contributed by atoms with E-state index < -0.39 is 0 Å². The first-order valence-electron chi connectivity index (χ1n) is 10.0. The SMILES string of the molecule is COc1ccnc(N2CCCC3C(NC(=O)C4CCOCC4)C(C)(C)C32)n1. The van der Waals surface area contributed by atoms with Crippen molar-refractivity contribution >= 4 is 11.9 Å². The number of nitrogens with one attached hydrogen (secondary N) is 1. The molecule has 1 aromatic heterocycles. The number of rotatable bonds is 4. The molecule has 1 amide bonds. The third-order valence-corrected chi connectivity index (χ3v) is 6.64. The van der Waals surface area contributed by atoms with Gasteiger partial charge in [-0.2, -0.15) is 4.98 Å². The molecule has 1 aromatic rings. The number of hydrogen-bond acceptors (Lipinski definition) is 6. The van der Waals surface area contributed by atoms with Crippen molar-refractivity contribution in [3.05, 3.63) is 12.3 Å². The maximum Gasteiger partial charge on any atom is 0.228 e. The van der Waals surface area contributed by atoms with E-state index in [-0.39, 0.29) is 23.3 Å². The third kappa shape index (κ3) is 3.26. The van der Waals surface area contributed by atoms with E-state index in [4.69, 9.17) is 9.47 Å². The lowest BCUT2D eigenvalue weighted by Crippen LogP contribution is -2.75. The van der Waals surface area contributed by atoms with Crippen molar-refractivity contribution in [2.75, 3.05) is 31.8 Å². The molecule has 1 N–H and O–H groups in total. The Labute approximate surface area is 160 Å². The van der Waals surface area contributed by atoms with Crippen LogP contribution in [-0.2, 0) is 9.53 Å². The summed E-state index contributed by atoms with van der Waals surface area (Å²) in [6.07, 6.45) is 5.63. The molecule has 0 radical (unpaired) electrons. The monoisotopic (exact) mass is 374 g/mol. The lowest BCUT2D eigenvalue weighted by molar-refractivity contribution is -0.134. The van der Waals surface area contributed by atoms with Crippen molar-refractivity contribution in [2.45, 2.75) is 51.6 Å². The lowest BCUT2D eigenvalue weighted by Gasteiger charge is -2.64. The van der Waals surface area contributed by atoms with Crippen LogP contribution in [0, 0.1) is 17.3 Å². The van der Waals surface area contributed by atoms with E-state index in [0.717, 1.165) is 38.2 Å². The highest BCUT2D eigenvalue weighted by atomic mass is 16.5. The number of nitrogens with zero attached hydrogens (tertiary/aromatic N) is 3. The summed E-state index contributed by atoms with van der Waals surface area (Å²) in [4.78, 5) is 24.1. The van der Waals surface area contributed by atoms with E-state index in [9.17, 15) is 4.79 Å². The molecule has 2 aliphatic heterocycles. The molecule has 0 spiro atoms. The summed E-state index contributed by atoms with van der Waals surface area (Å²) in [6, 6.07) is 2.30. The van der Waals surface area contributed by atoms with Gasteiger partial charge in [-0.15, -0.1) is 0 Å². The van der Waals surface area contributed by atoms with Crippen LogP contribution in [0.5, 0.6) is 5.88 Å². The summed E-state index contributed by atoms with van der Waals surface area (Å²) < 4.78 is 10.7. The molecule has 3 heterocycles. The fourth-order valence-corrected chi connectivity index (χ4v) is 5.28. The quantitative estimate of drug-likeness (QED) is 0.869. The van der Waals surface area contributed by atoms with E-state index >= 15 is 0 Å². The maximum absolute atomic E-state index is 12.8. The predicted octanol–water partition coefficient (Wildman–Crippen LogP) is 2.02. The van der Waals surface area contributed by atoms with Crippen molar-refractivity contribution in [1.29, 1.82) is 0 Å². The zero-order valence-electron chi connectivity index (χ0n) is 16.5. The van der Waals surface area contributed by atoms with E-state index in [1.807, 2.05) is 0 Å². The van der Waals surface area contributed by atoms with Gasteiger partial charge in [0.2, 0.25) is 17.7 Å². The zero-order chi connectivity index (χ0) is 19.0. The Hall–Kier alpha value is -1.89. The molecule has 0 bridgehead atoms. The van der Waals surface area contributed by atoms with Gasteiger partial charge in [0.1, 0.15) is 0 Å². The minimum absolute atomic E-state index is 0.0294. The number of piperidine rings is 1. The number of carbonyl (C=O) groups excluding carboxylic acids is 1. The Bertz CT molecular complexity index is 690. The fourth-order valence-electron chi connectivity index (χ4n) is 5.28. The van der Waals surface area contributed by atoms with Crippen LogP contribution in [0.2, 0.25) is 0 Å². The summed E-state index contributed by atoms with van der Waals surface area (Å²) in [6.45, 7) is 6.83. The number of carbonyl (C=O) groups is 1. The first-order chi connectivity index (χ1) is 13.0. The topological polar surface area (TPSA) is 76.6 Å². The summed E-state index contributed by atoms with van der Waals surface area (Å²) in [5.74, 6) is 2.04. The first kappa shape index (κ1) is 18.5. The minimum atomic E-state index is -0.0294. The van der Waals surface area contributed by atoms with Crippen molar-refractivity contribution in [1.82, 2.24) is 15.3 Å². The van der Waals surface area contributed by atoms with Gasteiger partial charge in [0, 0.05) is 61.4 Å². The second-order valence-corrected chi connectivity index (χ2v) is 8.54. The molecule has 4 rings (SSSR count). The molecular formula is C20H30N4O3. The van der Waals surface area contributed by atoms with Gasteiger partial charge in [0.25, 0.3) is 0 Å². The summed E-state index contributed by atoms with van der Waals surface area (Å²) in [5.41, 5.74) is -0.0294. The number of methoxy groups -OCH3 is 1. The van der Waals surface area contributed by atoms with Crippen molar-refractivity contribution in [3.8, 4) is 5.88 Å².